The molecule has 25 heavy (non-hydrogen) atoms. The van der Waals surface area contributed by atoms with Crippen LogP contribution in [0.5, 0.6) is 0 Å². The lowest BCUT2D eigenvalue weighted by molar-refractivity contribution is -0.140. The van der Waals surface area contributed by atoms with Crippen LogP contribution in [0.2, 0.25) is 0 Å². The molecule has 9 heteroatoms. The van der Waals surface area contributed by atoms with Gasteiger partial charge in [-0.3, -0.25) is 0 Å². The minimum absolute atomic E-state index is 0.729. The molecule has 0 aliphatic heterocycles. The number of carboxylic acids is 1. The van der Waals surface area contributed by atoms with E-state index in [0.717, 1.165) is 11.4 Å². The van der Waals surface area contributed by atoms with Crippen molar-refractivity contribution in [3.63, 3.8) is 0 Å². The molecule has 2 atom stereocenters. The second-order valence-corrected chi connectivity index (χ2v) is 6.10. The van der Waals surface area contributed by atoms with Crippen molar-refractivity contribution in [1.29, 1.82) is 0 Å². The van der Waals surface area contributed by atoms with Crippen molar-refractivity contribution in [2.24, 2.45) is 0 Å². The standard InChI is InChI=1S/C16H17NO3.H3O4P/c1-12(18)15(16(19)20)17(13-8-4-2-5-9-13)14-10-6-3-7-11-14;1-5(2,3)4/h2-12,15,18H,1H3,(H,19,20);(H3,1,2,3,4). The maximum absolute atomic E-state index is 11.5. The van der Waals surface area contributed by atoms with Gasteiger partial charge in [0.05, 0.1) is 6.10 Å². The van der Waals surface area contributed by atoms with Gasteiger partial charge in [0.2, 0.25) is 0 Å². The minimum atomic E-state index is -4.64. The summed E-state index contributed by atoms with van der Waals surface area (Å²) in [6.07, 6.45) is -1.01. The Morgan fingerprint density at radius 2 is 1.24 bits per heavy atom. The molecule has 5 N–H and O–H groups in total. The van der Waals surface area contributed by atoms with Crippen LogP contribution in [0.15, 0.2) is 60.7 Å². The van der Waals surface area contributed by atoms with E-state index in [1.807, 2.05) is 60.7 Å². The number of carboxylic acid groups (broad SMARTS) is 1. The van der Waals surface area contributed by atoms with E-state index in [9.17, 15) is 15.0 Å². The number of hydrogen-bond donors (Lipinski definition) is 5. The molecule has 0 aliphatic rings. The van der Waals surface area contributed by atoms with E-state index in [4.69, 9.17) is 19.2 Å². The van der Waals surface area contributed by atoms with Crippen LogP contribution in [0.3, 0.4) is 0 Å². The quantitative estimate of drug-likeness (QED) is 0.502. The van der Waals surface area contributed by atoms with Gasteiger partial charge in [-0.15, -0.1) is 0 Å². The lowest BCUT2D eigenvalue weighted by Crippen LogP contribution is -2.45. The second kappa shape index (κ2) is 9.31. The molecule has 0 saturated carbocycles. The molecule has 0 heterocycles. The highest BCUT2D eigenvalue weighted by Gasteiger charge is 2.31. The van der Waals surface area contributed by atoms with Gasteiger partial charge < -0.3 is 29.8 Å². The molecular weight excluding hydrogens is 349 g/mol. The molecule has 2 aromatic rings. The van der Waals surface area contributed by atoms with Crippen LogP contribution in [0.25, 0.3) is 0 Å². The number of phosphoric acid groups is 1. The van der Waals surface area contributed by atoms with Crippen LogP contribution in [0.4, 0.5) is 11.4 Å². The van der Waals surface area contributed by atoms with E-state index in [1.165, 1.54) is 6.92 Å². The van der Waals surface area contributed by atoms with Crippen LogP contribution < -0.4 is 4.90 Å². The Labute approximate surface area is 144 Å². The number of para-hydroxylation sites is 2. The third kappa shape index (κ3) is 7.47. The number of nitrogens with zero attached hydrogens (tertiary/aromatic N) is 1. The molecule has 0 saturated heterocycles. The third-order valence-corrected chi connectivity index (χ3v) is 3.06. The van der Waals surface area contributed by atoms with Crippen molar-refractivity contribution in [2.45, 2.75) is 19.1 Å². The molecule has 0 radical (unpaired) electrons. The molecule has 0 spiro atoms. The number of hydrogen-bond acceptors (Lipinski definition) is 4. The topological polar surface area (TPSA) is 139 Å². The van der Waals surface area contributed by atoms with Crippen molar-refractivity contribution < 1.29 is 34.3 Å². The Kier molecular flexibility index (Phi) is 7.76. The highest BCUT2D eigenvalue weighted by Crippen LogP contribution is 2.29. The summed E-state index contributed by atoms with van der Waals surface area (Å²) in [6, 6.07) is 17.3. The molecule has 0 amide bonds. The smallest absolute Gasteiger partial charge is 0.466 e. The summed E-state index contributed by atoms with van der Waals surface area (Å²) in [7, 11) is -4.64. The number of rotatable bonds is 5. The van der Waals surface area contributed by atoms with Crippen LogP contribution in [-0.2, 0) is 9.36 Å². The summed E-state index contributed by atoms with van der Waals surface area (Å²) in [4.78, 5) is 34.7. The summed E-state index contributed by atoms with van der Waals surface area (Å²) in [5.41, 5.74) is 1.46. The van der Waals surface area contributed by atoms with E-state index in [2.05, 4.69) is 0 Å². The number of aliphatic carboxylic acids is 1. The first kappa shape index (κ1) is 20.8. The van der Waals surface area contributed by atoms with Gasteiger partial charge in [0.15, 0.2) is 6.04 Å². The molecule has 0 bridgehead atoms. The Morgan fingerprint density at radius 1 is 0.920 bits per heavy atom. The second-order valence-electron chi connectivity index (χ2n) is 5.08. The van der Waals surface area contributed by atoms with Crippen molar-refractivity contribution in [1.82, 2.24) is 0 Å². The zero-order chi connectivity index (χ0) is 19.0. The molecule has 2 unspecified atom stereocenters. The zero-order valence-corrected chi connectivity index (χ0v) is 14.3. The first-order valence-corrected chi connectivity index (χ1v) is 8.76. The Hall–Kier alpha value is -2.22. The van der Waals surface area contributed by atoms with Gasteiger partial charge in [-0.1, -0.05) is 36.4 Å². The molecule has 0 aliphatic carbocycles. The lowest BCUT2D eigenvalue weighted by Gasteiger charge is -2.32. The van der Waals surface area contributed by atoms with Gasteiger partial charge in [0.1, 0.15) is 0 Å². The van der Waals surface area contributed by atoms with E-state index < -0.39 is 25.9 Å². The van der Waals surface area contributed by atoms with Gasteiger partial charge in [-0.25, -0.2) is 9.36 Å². The summed E-state index contributed by atoms with van der Waals surface area (Å²) in [6.45, 7) is 1.48. The average Bonchev–Trinajstić information content (AvgIpc) is 2.51. The van der Waals surface area contributed by atoms with Crippen molar-refractivity contribution in [2.75, 3.05) is 4.90 Å². The Morgan fingerprint density at radius 3 is 1.48 bits per heavy atom. The first-order valence-electron chi connectivity index (χ1n) is 7.19. The minimum Gasteiger partial charge on any atom is -0.480 e. The number of carbonyl (C=O) groups is 1. The highest BCUT2D eigenvalue weighted by atomic mass is 31.2. The van der Waals surface area contributed by atoms with Gasteiger partial charge >= 0.3 is 13.8 Å². The molecule has 0 aromatic heterocycles. The summed E-state index contributed by atoms with van der Waals surface area (Å²) >= 11 is 0. The molecule has 2 rings (SSSR count). The van der Waals surface area contributed by atoms with Crippen molar-refractivity contribution in [3.8, 4) is 0 Å². The fourth-order valence-corrected chi connectivity index (χ4v) is 2.18. The number of anilines is 2. The van der Waals surface area contributed by atoms with Crippen LogP contribution in [0.1, 0.15) is 6.92 Å². The Balaban J connectivity index is 0.000000550. The van der Waals surface area contributed by atoms with E-state index in [0.29, 0.717) is 0 Å². The van der Waals surface area contributed by atoms with Gasteiger partial charge in [-0.05, 0) is 31.2 Å². The molecule has 8 nitrogen and oxygen atoms in total. The van der Waals surface area contributed by atoms with E-state index in [1.54, 1.807) is 4.90 Å². The maximum atomic E-state index is 11.5. The van der Waals surface area contributed by atoms with E-state index >= 15 is 0 Å². The van der Waals surface area contributed by atoms with Crippen molar-refractivity contribution in [3.05, 3.63) is 60.7 Å². The number of aliphatic hydroxyl groups excluding tert-OH is 1. The summed E-state index contributed by atoms with van der Waals surface area (Å²) < 4.78 is 8.88. The predicted octanol–water partition coefficient (Wildman–Crippen LogP) is 1.73. The van der Waals surface area contributed by atoms with Gasteiger partial charge in [0.25, 0.3) is 0 Å². The van der Waals surface area contributed by atoms with Gasteiger partial charge in [-0.2, -0.15) is 0 Å². The maximum Gasteiger partial charge on any atom is 0.466 e. The van der Waals surface area contributed by atoms with Crippen LogP contribution in [-0.4, -0.2) is 43.0 Å². The number of aliphatic hydroxyl groups is 1. The third-order valence-electron chi connectivity index (χ3n) is 3.06. The van der Waals surface area contributed by atoms with Crippen LogP contribution in [0, 0.1) is 0 Å². The molecule has 136 valence electrons. The fourth-order valence-electron chi connectivity index (χ4n) is 2.18. The zero-order valence-electron chi connectivity index (χ0n) is 13.4. The average molecular weight is 369 g/mol. The monoisotopic (exact) mass is 369 g/mol. The first-order chi connectivity index (χ1) is 11.6. The fraction of sp³-hybridized carbons (Fsp3) is 0.188. The van der Waals surface area contributed by atoms with Crippen molar-refractivity contribution >= 4 is 25.2 Å². The molecular formula is C16H20NO7P. The summed E-state index contributed by atoms with van der Waals surface area (Å²) in [5.74, 6) is -1.06. The predicted molar refractivity (Wildman–Crippen MR) is 92.4 cm³/mol. The van der Waals surface area contributed by atoms with Gasteiger partial charge in [0, 0.05) is 11.4 Å². The largest absolute Gasteiger partial charge is 0.480 e. The molecule has 0 fully saturated rings. The summed E-state index contributed by atoms with van der Waals surface area (Å²) in [5, 5.41) is 19.3. The van der Waals surface area contributed by atoms with E-state index in [-0.39, 0.29) is 0 Å². The highest BCUT2D eigenvalue weighted by molar-refractivity contribution is 7.45. The SMILES string of the molecule is CC(O)C(C(=O)O)N(c1ccccc1)c1ccccc1.O=P(O)(O)O. The van der Waals surface area contributed by atoms with Crippen LogP contribution >= 0.6 is 7.82 Å². The normalized spacial score (nSPS) is 13.2. The lowest BCUT2D eigenvalue weighted by atomic mass is 10.1. The number of benzene rings is 2. The Bertz CT molecular complexity index is 655. The molecule has 2 aromatic carbocycles.